The first-order valence-electron chi connectivity index (χ1n) is 11.8. The van der Waals surface area contributed by atoms with Crippen LogP contribution in [0.15, 0.2) is 22.0 Å². The Bertz CT molecular complexity index is 756. The molecular weight excluding hydrogens is 392 g/mol. The second-order valence-electron chi connectivity index (χ2n) is 11.1. The standard InChI is InChI=1S/C24H40N2O3Si/c1-23-13-12-21-19(20(23)9-10-22(23)26-28-3)8-7-17-15-18(25-27-2)11-14-24(17,21)16-29-30(4,5)6/h15,19-21H,7-14,16H2,1-6H3/b25-18+,26-22+. The molecule has 0 heterocycles. The molecule has 0 bridgehead atoms. The van der Waals surface area contributed by atoms with Crippen molar-refractivity contribution in [1.82, 2.24) is 0 Å². The van der Waals surface area contributed by atoms with Crippen LogP contribution in [0.25, 0.3) is 0 Å². The van der Waals surface area contributed by atoms with E-state index in [0.717, 1.165) is 43.4 Å². The molecule has 4 rings (SSSR count). The van der Waals surface area contributed by atoms with E-state index in [4.69, 9.17) is 14.1 Å². The highest BCUT2D eigenvalue weighted by Crippen LogP contribution is 2.64. The van der Waals surface area contributed by atoms with Gasteiger partial charge in [0, 0.05) is 17.4 Å². The SMILES string of the molecule is CO/N=C1/C=C2CCC3C(CCC4(C)/C(=N/OC)CCC34)C2(CO[Si](C)(C)C)CC1. The van der Waals surface area contributed by atoms with Crippen molar-refractivity contribution in [3.05, 3.63) is 11.6 Å². The molecule has 4 aliphatic rings. The molecule has 5 unspecified atom stereocenters. The molecule has 5 atom stereocenters. The van der Waals surface area contributed by atoms with E-state index in [0.29, 0.717) is 5.92 Å². The first-order valence-corrected chi connectivity index (χ1v) is 15.2. The van der Waals surface area contributed by atoms with E-state index in [1.54, 1.807) is 19.8 Å². The van der Waals surface area contributed by atoms with Crippen molar-refractivity contribution >= 4 is 19.7 Å². The topological polar surface area (TPSA) is 52.4 Å². The van der Waals surface area contributed by atoms with Crippen molar-refractivity contribution < 1.29 is 14.1 Å². The molecule has 0 aliphatic heterocycles. The van der Waals surface area contributed by atoms with Crippen molar-refractivity contribution in [2.24, 2.45) is 38.9 Å². The van der Waals surface area contributed by atoms with E-state index in [1.807, 2.05) is 0 Å². The lowest BCUT2D eigenvalue weighted by molar-refractivity contribution is -0.0451. The van der Waals surface area contributed by atoms with Crippen LogP contribution >= 0.6 is 0 Å². The Kier molecular flexibility index (Phi) is 5.95. The van der Waals surface area contributed by atoms with Crippen LogP contribution in [0.4, 0.5) is 0 Å². The second kappa shape index (κ2) is 8.08. The maximum atomic E-state index is 6.65. The summed E-state index contributed by atoms with van der Waals surface area (Å²) >= 11 is 0. The number of fused-ring (bicyclic) bond motifs is 5. The number of oxime groups is 2. The number of rotatable bonds is 5. The molecular formula is C24H40N2O3Si. The van der Waals surface area contributed by atoms with Gasteiger partial charge in [-0.3, -0.25) is 0 Å². The molecule has 0 aromatic heterocycles. The predicted molar refractivity (Wildman–Crippen MR) is 124 cm³/mol. The number of allylic oxidation sites excluding steroid dienone is 1. The molecule has 3 saturated carbocycles. The van der Waals surface area contributed by atoms with Crippen LogP contribution in [0.5, 0.6) is 0 Å². The summed E-state index contributed by atoms with van der Waals surface area (Å²) in [4.78, 5) is 10.3. The third kappa shape index (κ3) is 3.68. The Hall–Kier alpha value is -1.14. The third-order valence-corrected chi connectivity index (χ3v) is 9.63. The van der Waals surface area contributed by atoms with Crippen LogP contribution in [-0.4, -0.2) is 40.6 Å². The normalized spacial score (nSPS) is 41.1. The van der Waals surface area contributed by atoms with Gasteiger partial charge >= 0.3 is 0 Å². The lowest BCUT2D eigenvalue weighted by Crippen LogP contribution is -2.54. The molecule has 0 aromatic rings. The van der Waals surface area contributed by atoms with Crippen molar-refractivity contribution in [2.75, 3.05) is 20.8 Å². The maximum Gasteiger partial charge on any atom is 0.183 e. The van der Waals surface area contributed by atoms with Crippen LogP contribution in [0.2, 0.25) is 19.6 Å². The average Bonchev–Trinajstić information content (AvgIpc) is 3.03. The van der Waals surface area contributed by atoms with Crippen LogP contribution in [0.3, 0.4) is 0 Å². The van der Waals surface area contributed by atoms with Gasteiger partial charge in [-0.15, -0.1) is 0 Å². The number of nitrogens with zero attached hydrogens (tertiary/aromatic N) is 2. The second-order valence-corrected chi connectivity index (χ2v) is 15.6. The summed E-state index contributed by atoms with van der Waals surface area (Å²) in [5, 5.41) is 8.76. The summed E-state index contributed by atoms with van der Waals surface area (Å²) in [7, 11) is 1.75. The summed E-state index contributed by atoms with van der Waals surface area (Å²) in [6.45, 7) is 10.3. The summed E-state index contributed by atoms with van der Waals surface area (Å²) in [6.07, 6.45) is 11.8. The Balaban J connectivity index is 1.68. The highest BCUT2D eigenvalue weighted by Gasteiger charge is 2.59. The van der Waals surface area contributed by atoms with E-state index in [-0.39, 0.29) is 10.8 Å². The highest BCUT2D eigenvalue weighted by atomic mass is 28.4. The maximum absolute atomic E-state index is 6.65. The molecule has 30 heavy (non-hydrogen) atoms. The Morgan fingerprint density at radius 1 is 0.967 bits per heavy atom. The Labute approximate surface area is 183 Å². The lowest BCUT2D eigenvalue weighted by Gasteiger charge is -2.58. The summed E-state index contributed by atoms with van der Waals surface area (Å²) < 4.78 is 6.65. The summed E-state index contributed by atoms with van der Waals surface area (Å²) in [5.41, 5.74) is 4.39. The zero-order valence-electron chi connectivity index (χ0n) is 19.8. The smallest absolute Gasteiger partial charge is 0.183 e. The molecule has 5 nitrogen and oxygen atoms in total. The molecule has 168 valence electrons. The molecule has 0 saturated heterocycles. The Morgan fingerprint density at radius 3 is 2.43 bits per heavy atom. The molecule has 0 aromatic carbocycles. The third-order valence-electron chi connectivity index (χ3n) is 8.62. The van der Waals surface area contributed by atoms with Crippen molar-refractivity contribution in [3.63, 3.8) is 0 Å². The highest BCUT2D eigenvalue weighted by molar-refractivity contribution is 6.69. The van der Waals surface area contributed by atoms with Gasteiger partial charge in [0.15, 0.2) is 8.32 Å². The first-order chi connectivity index (χ1) is 14.2. The fourth-order valence-electron chi connectivity index (χ4n) is 7.23. The van der Waals surface area contributed by atoms with E-state index >= 15 is 0 Å². The molecule has 3 fully saturated rings. The summed E-state index contributed by atoms with van der Waals surface area (Å²) in [6, 6.07) is 0. The van der Waals surface area contributed by atoms with Gasteiger partial charge in [0.1, 0.15) is 14.2 Å². The molecule has 4 aliphatic carbocycles. The minimum Gasteiger partial charge on any atom is -0.417 e. The minimum absolute atomic E-state index is 0.179. The average molecular weight is 433 g/mol. The van der Waals surface area contributed by atoms with Crippen LogP contribution in [0, 0.1) is 28.6 Å². The van der Waals surface area contributed by atoms with E-state index in [2.05, 4.69) is 43.0 Å². The largest absolute Gasteiger partial charge is 0.417 e. The first kappa shape index (κ1) is 22.1. The van der Waals surface area contributed by atoms with Gasteiger partial charge in [0.25, 0.3) is 0 Å². The zero-order chi connectivity index (χ0) is 21.6. The van der Waals surface area contributed by atoms with Crippen molar-refractivity contribution in [3.8, 4) is 0 Å². The van der Waals surface area contributed by atoms with Crippen LogP contribution < -0.4 is 0 Å². The predicted octanol–water partition coefficient (Wildman–Crippen LogP) is 5.79. The minimum atomic E-state index is -1.59. The van der Waals surface area contributed by atoms with E-state index < -0.39 is 8.32 Å². The van der Waals surface area contributed by atoms with Gasteiger partial charge in [-0.25, -0.2) is 0 Å². The lowest BCUT2D eigenvalue weighted by atomic mass is 9.47. The van der Waals surface area contributed by atoms with Gasteiger partial charge < -0.3 is 14.1 Å². The molecule has 6 heteroatoms. The molecule has 0 spiro atoms. The van der Waals surface area contributed by atoms with Gasteiger partial charge in [-0.2, -0.15) is 0 Å². The van der Waals surface area contributed by atoms with Crippen molar-refractivity contribution in [1.29, 1.82) is 0 Å². The number of hydrogen-bond acceptors (Lipinski definition) is 5. The van der Waals surface area contributed by atoms with Crippen LogP contribution in [0.1, 0.15) is 58.3 Å². The Morgan fingerprint density at radius 2 is 1.73 bits per heavy atom. The molecule has 0 N–H and O–H groups in total. The van der Waals surface area contributed by atoms with Crippen LogP contribution in [-0.2, 0) is 14.1 Å². The molecule has 0 amide bonds. The van der Waals surface area contributed by atoms with Gasteiger partial charge in [-0.1, -0.05) is 22.8 Å². The van der Waals surface area contributed by atoms with Gasteiger partial charge in [0.05, 0.1) is 11.4 Å². The van der Waals surface area contributed by atoms with Gasteiger partial charge in [0.2, 0.25) is 0 Å². The fourth-order valence-corrected chi connectivity index (χ4v) is 7.92. The molecule has 0 radical (unpaired) electrons. The van der Waals surface area contributed by atoms with E-state index in [1.165, 1.54) is 37.8 Å². The summed E-state index contributed by atoms with van der Waals surface area (Å²) in [5.74, 6) is 2.19. The van der Waals surface area contributed by atoms with Gasteiger partial charge in [-0.05, 0) is 94.8 Å². The zero-order valence-corrected chi connectivity index (χ0v) is 20.8. The monoisotopic (exact) mass is 432 g/mol. The van der Waals surface area contributed by atoms with Crippen molar-refractivity contribution in [2.45, 2.75) is 77.9 Å². The quantitative estimate of drug-likeness (QED) is 0.408. The number of hydrogen-bond donors (Lipinski definition) is 0. The fraction of sp³-hybridized carbons (Fsp3) is 0.833. The van der Waals surface area contributed by atoms with E-state index in [9.17, 15) is 0 Å².